The maximum atomic E-state index is 6.14. The molecule has 94 valence electrons. The molecule has 0 amide bonds. The summed E-state index contributed by atoms with van der Waals surface area (Å²) in [6, 6.07) is 10.9. The fraction of sp³-hybridized carbons (Fsp3) is 0.438. The highest BCUT2D eigenvalue weighted by Gasteiger charge is 2.27. The summed E-state index contributed by atoms with van der Waals surface area (Å²) in [6.07, 6.45) is 8.06. The molecule has 1 saturated carbocycles. The summed E-state index contributed by atoms with van der Waals surface area (Å²) in [5, 5.41) is 1.29. The van der Waals surface area contributed by atoms with Gasteiger partial charge in [0.05, 0.1) is 5.52 Å². The molecular formula is C16H20N2. The molecule has 0 bridgehead atoms. The van der Waals surface area contributed by atoms with Crippen molar-refractivity contribution in [1.82, 2.24) is 4.98 Å². The monoisotopic (exact) mass is 240 g/mol. The fourth-order valence-electron chi connectivity index (χ4n) is 2.66. The smallest absolute Gasteiger partial charge is 0.0704 e. The van der Waals surface area contributed by atoms with Gasteiger partial charge in [-0.05, 0) is 55.7 Å². The Hall–Kier alpha value is -1.41. The van der Waals surface area contributed by atoms with Crippen molar-refractivity contribution in [3.05, 3.63) is 42.1 Å². The van der Waals surface area contributed by atoms with E-state index in [2.05, 4.69) is 29.2 Å². The van der Waals surface area contributed by atoms with E-state index in [1.165, 1.54) is 30.2 Å². The van der Waals surface area contributed by atoms with E-state index in [0.29, 0.717) is 6.04 Å². The van der Waals surface area contributed by atoms with Crippen LogP contribution in [-0.2, 0) is 6.42 Å². The molecule has 18 heavy (non-hydrogen) atoms. The number of pyridine rings is 1. The maximum Gasteiger partial charge on any atom is 0.0704 e. The van der Waals surface area contributed by atoms with E-state index >= 15 is 0 Å². The summed E-state index contributed by atoms with van der Waals surface area (Å²) < 4.78 is 0. The van der Waals surface area contributed by atoms with Gasteiger partial charge in [-0.15, -0.1) is 0 Å². The first kappa shape index (κ1) is 11.7. The zero-order valence-corrected chi connectivity index (χ0v) is 10.7. The van der Waals surface area contributed by atoms with E-state index in [0.717, 1.165) is 24.3 Å². The third-order valence-corrected chi connectivity index (χ3v) is 3.95. The van der Waals surface area contributed by atoms with Crippen LogP contribution in [0.3, 0.4) is 0 Å². The lowest BCUT2D eigenvalue weighted by Gasteiger charge is -2.10. The summed E-state index contributed by atoms with van der Waals surface area (Å²) in [4.78, 5) is 4.40. The number of fused-ring (bicyclic) bond motifs is 1. The van der Waals surface area contributed by atoms with E-state index in [1.54, 1.807) is 0 Å². The van der Waals surface area contributed by atoms with Crippen molar-refractivity contribution in [1.29, 1.82) is 0 Å². The maximum absolute atomic E-state index is 6.14. The number of para-hydroxylation sites is 1. The van der Waals surface area contributed by atoms with Crippen molar-refractivity contribution in [2.75, 3.05) is 0 Å². The number of hydrogen-bond acceptors (Lipinski definition) is 2. The molecule has 1 aromatic heterocycles. The number of benzene rings is 1. The number of nitrogens with zero attached hydrogens (tertiary/aromatic N) is 1. The van der Waals surface area contributed by atoms with Crippen LogP contribution in [0, 0.1) is 5.92 Å². The standard InChI is InChI=1S/C16H20N2/c17-15(13-8-9-13)6-3-4-12-10-11-18-16-7-2-1-5-14(12)16/h1-2,5,7,10-11,13,15H,3-4,6,8-9,17H2. The topological polar surface area (TPSA) is 38.9 Å². The molecule has 2 N–H and O–H groups in total. The first-order valence-corrected chi connectivity index (χ1v) is 6.93. The average Bonchev–Trinajstić information content (AvgIpc) is 3.23. The molecular weight excluding hydrogens is 220 g/mol. The highest BCUT2D eigenvalue weighted by molar-refractivity contribution is 5.81. The van der Waals surface area contributed by atoms with Gasteiger partial charge in [-0.3, -0.25) is 4.98 Å². The van der Waals surface area contributed by atoms with Crippen LogP contribution < -0.4 is 5.73 Å². The molecule has 0 spiro atoms. The van der Waals surface area contributed by atoms with Gasteiger partial charge in [-0.25, -0.2) is 0 Å². The lowest BCUT2D eigenvalue weighted by molar-refractivity contribution is 0.529. The molecule has 1 aliphatic carbocycles. The molecule has 1 atom stereocenters. The summed E-state index contributed by atoms with van der Waals surface area (Å²) in [5.41, 5.74) is 8.65. The normalized spacial score (nSPS) is 16.9. The van der Waals surface area contributed by atoms with Crippen LogP contribution >= 0.6 is 0 Å². The third kappa shape index (κ3) is 2.54. The molecule has 1 aromatic carbocycles. The molecule has 0 saturated heterocycles. The minimum Gasteiger partial charge on any atom is -0.327 e. The molecule has 2 nitrogen and oxygen atoms in total. The SMILES string of the molecule is NC(CCCc1ccnc2ccccc12)C1CC1. The van der Waals surface area contributed by atoms with E-state index in [1.807, 2.05) is 12.3 Å². The van der Waals surface area contributed by atoms with Gasteiger partial charge in [0.1, 0.15) is 0 Å². The van der Waals surface area contributed by atoms with E-state index in [9.17, 15) is 0 Å². The Labute approximate surface area is 108 Å². The minimum absolute atomic E-state index is 0.429. The Kier molecular flexibility index (Phi) is 3.28. The molecule has 1 aliphatic rings. The Bertz CT molecular complexity index is 526. The van der Waals surface area contributed by atoms with Gasteiger partial charge < -0.3 is 5.73 Å². The predicted molar refractivity (Wildman–Crippen MR) is 75.4 cm³/mol. The lowest BCUT2D eigenvalue weighted by Crippen LogP contribution is -2.22. The van der Waals surface area contributed by atoms with Gasteiger partial charge in [0, 0.05) is 17.6 Å². The van der Waals surface area contributed by atoms with Crippen molar-refractivity contribution < 1.29 is 0 Å². The Morgan fingerprint density at radius 1 is 1.22 bits per heavy atom. The molecule has 3 rings (SSSR count). The van der Waals surface area contributed by atoms with E-state index in [-0.39, 0.29) is 0 Å². The molecule has 0 aliphatic heterocycles. The second kappa shape index (κ2) is 5.07. The first-order valence-electron chi connectivity index (χ1n) is 6.93. The van der Waals surface area contributed by atoms with Crippen molar-refractivity contribution in [3.63, 3.8) is 0 Å². The van der Waals surface area contributed by atoms with Crippen LogP contribution in [0.1, 0.15) is 31.2 Å². The number of nitrogens with two attached hydrogens (primary N) is 1. The van der Waals surface area contributed by atoms with Crippen molar-refractivity contribution in [2.45, 2.75) is 38.1 Å². The highest BCUT2D eigenvalue weighted by Crippen LogP contribution is 2.33. The van der Waals surface area contributed by atoms with Crippen LogP contribution in [0.15, 0.2) is 36.5 Å². The number of hydrogen-bond donors (Lipinski definition) is 1. The number of aryl methyl sites for hydroxylation is 1. The van der Waals surface area contributed by atoms with Crippen LogP contribution in [-0.4, -0.2) is 11.0 Å². The largest absolute Gasteiger partial charge is 0.327 e. The van der Waals surface area contributed by atoms with Crippen molar-refractivity contribution >= 4 is 10.9 Å². The van der Waals surface area contributed by atoms with Crippen LogP contribution in [0.25, 0.3) is 10.9 Å². The fourth-order valence-corrected chi connectivity index (χ4v) is 2.66. The van der Waals surface area contributed by atoms with Crippen LogP contribution in [0.4, 0.5) is 0 Å². The number of aromatic nitrogens is 1. The highest BCUT2D eigenvalue weighted by atomic mass is 14.7. The van der Waals surface area contributed by atoms with Crippen molar-refractivity contribution in [3.8, 4) is 0 Å². The zero-order valence-electron chi connectivity index (χ0n) is 10.7. The van der Waals surface area contributed by atoms with Gasteiger partial charge in [-0.1, -0.05) is 18.2 Å². The lowest BCUT2D eigenvalue weighted by atomic mass is 10.0. The molecule has 1 heterocycles. The summed E-state index contributed by atoms with van der Waals surface area (Å²) in [6.45, 7) is 0. The Morgan fingerprint density at radius 2 is 2.06 bits per heavy atom. The summed E-state index contributed by atoms with van der Waals surface area (Å²) in [5.74, 6) is 0.819. The quantitative estimate of drug-likeness (QED) is 0.871. The van der Waals surface area contributed by atoms with Crippen LogP contribution in [0.2, 0.25) is 0 Å². The van der Waals surface area contributed by atoms with E-state index < -0.39 is 0 Å². The van der Waals surface area contributed by atoms with Gasteiger partial charge in [0.2, 0.25) is 0 Å². The third-order valence-electron chi connectivity index (χ3n) is 3.95. The summed E-state index contributed by atoms with van der Waals surface area (Å²) in [7, 11) is 0. The second-order valence-corrected chi connectivity index (χ2v) is 5.38. The summed E-state index contributed by atoms with van der Waals surface area (Å²) >= 11 is 0. The Balaban J connectivity index is 1.66. The second-order valence-electron chi connectivity index (χ2n) is 5.38. The van der Waals surface area contributed by atoms with E-state index in [4.69, 9.17) is 5.73 Å². The molecule has 1 unspecified atom stereocenters. The Morgan fingerprint density at radius 3 is 2.89 bits per heavy atom. The molecule has 2 aromatic rings. The molecule has 2 heteroatoms. The number of rotatable bonds is 5. The first-order chi connectivity index (χ1) is 8.84. The van der Waals surface area contributed by atoms with Gasteiger partial charge in [0.15, 0.2) is 0 Å². The van der Waals surface area contributed by atoms with Crippen LogP contribution in [0.5, 0.6) is 0 Å². The van der Waals surface area contributed by atoms with Gasteiger partial charge in [-0.2, -0.15) is 0 Å². The molecule has 0 radical (unpaired) electrons. The minimum atomic E-state index is 0.429. The zero-order chi connectivity index (χ0) is 12.4. The van der Waals surface area contributed by atoms with Crippen molar-refractivity contribution in [2.24, 2.45) is 11.7 Å². The predicted octanol–water partition coefficient (Wildman–Crippen LogP) is 3.29. The molecule has 1 fully saturated rings. The van der Waals surface area contributed by atoms with Gasteiger partial charge in [0.25, 0.3) is 0 Å². The average molecular weight is 240 g/mol. The van der Waals surface area contributed by atoms with Gasteiger partial charge >= 0.3 is 0 Å².